The third kappa shape index (κ3) is 3.84. The Kier molecular flexibility index (Phi) is 5.52. The summed E-state index contributed by atoms with van der Waals surface area (Å²) >= 11 is 0. The molecule has 0 aliphatic carbocycles. The van der Waals surface area contributed by atoms with Crippen molar-refractivity contribution in [1.82, 2.24) is 14.9 Å². The second kappa shape index (κ2) is 7.59. The van der Waals surface area contributed by atoms with Gasteiger partial charge in [-0.05, 0) is 18.6 Å². The Labute approximate surface area is 128 Å². The van der Waals surface area contributed by atoms with Crippen LogP contribution in [0.3, 0.4) is 0 Å². The van der Waals surface area contributed by atoms with Crippen LogP contribution in [0.15, 0.2) is 33.9 Å². The lowest BCUT2D eigenvalue weighted by Gasteiger charge is -2.07. The number of nitrogens with zero attached hydrogens (tertiary/aromatic N) is 1. The van der Waals surface area contributed by atoms with E-state index >= 15 is 0 Å². The van der Waals surface area contributed by atoms with Gasteiger partial charge >= 0.3 is 5.69 Å². The Bertz CT molecular complexity index is 761. The third-order valence-corrected chi connectivity index (χ3v) is 3.55. The minimum atomic E-state index is -0.484. The number of H-pyrrole nitrogens is 1. The molecule has 1 aromatic heterocycles. The van der Waals surface area contributed by atoms with Gasteiger partial charge in [-0.1, -0.05) is 31.9 Å². The Hall–Kier alpha value is -2.37. The number of benzene rings is 1. The summed E-state index contributed by atoms with van der Waals surface area (Å²) < 4.78 is 1.08. The molecule has 22 heavy (non-hydrogen) atoms. The topological polar surface area (TPSA) is 84.0 Å². The Balaban J connectivity index is 2.04. The molecule has 0 aliphatic heterocycles. The van der Waals surface area contributed by atoms with Crippen molar-refractivity contribution >= 4 is 16.8 Å². The zero-order valence-electron chi connectivity index (χ0n) is 12.7. The van der Waals surface area contributed by atoms with Crippen LogP contribution in [0, 0.1) is 0 Å². The van der Waals surface area contributed by atoms with Gasteiger partial charge in [0.05, 0.1) is 10.9 Å². The van der Waals surface area contributed by atoms with E-state index in [1.807, 2.05) is 0 Å². The van der Waals surface area contributed by atoms with E-state index < -0.39 is 5.69 Å². The average molecular weight is 303 g/mol. The number of aromatic amines is 1. The zero-order valence-corrected chi connectivity index (χ0v) is 12.7. The summed E-state index contributed by atoms with van der Waals surface area (Å²) in [5.41, 5.74) is -0.335. The first-order valence-electron chi connectivity index (χ1n) is 7.62. The van der Waals surface area contributed by atoms with Gasteiger partial charge in [-0.3, -0.25) is 14.2 Å². The van der Waals surface area contributed by atoms with Crippen LogP contribution in [0.5, 0.6) is 0 Å². The number of nitrogens with one attached hydrogen (secondary N) is 2. The van der Waals surface area contributed by atoms with Gasteiger partial charge in [0, 0.05) is 19.5 Å². The molecule has 2 N–H and O–H groups in total. The van der Waals surface area contributed by atoms with Crippen LogP contribution < -0.4 is 16.6 Å². The first-order chi connectivity index (χ1) is 10.6. The molecule has 2 aromatic rings. The molecule has 0 fully saturated rings. The van der Waals surface area contributed by atoms with Gasteiger partial charge in [-0.15, -0.1) is 0 Å². The maximum absolute atomic E-state index is 12.3. The summed E-state index contributed by atoms with van der Waals surface area (Å²) in [5.74, 6) is -0.143. The number of aromatic nitrogens is 2. The molecule has 0 unspecified atom stereocenters. The highest BCUT2D eigenvalue weighted by atomic mass is 16.2. The van der Waals surface area contributed by atoms with Crippen LogP contribution in [0.25, 0.3) is 10.9 Å². The molecule has 0 radical (unpaired) electrons. The van der Waals surface area contributed by atoms with Crippen molar-refractivity contribution in [2.75, 3.05) is 6.54 Å². The van der Waals surface area contributed by atoms with Crippen molar-refractivity contribution in [2.24, 2.45) is 0 Å². The first kappa shape index (κ1) is 16.0. The van der Waals surface area contributed by atoms with Gasteiger partial charge in [-0.2, -0.15) is 0 Å². The van der Waals surface area contributed by atoms with Crippen molar-refractivity contribution in [3.63, 3.8) is 0 Å². The van der Waals surface area contributed by atoms with Crippen molar-refractivity contribution in [1.29, 1.82) is 0 Å². The Morgan fingerprint density at radius 1 is 1.23 bits per heavy atom. The van der Waals surface area contributed by atoms with E-state index in [1.54, 1.807) is 24.3 Å². The minimum absolute atomic E-state index is 0.0820. The van der Waals surface area contributed by atoms with Gasteiger partial charge in [-0.25, -0.2) is 4.79 Å². The lowest BCUT2D eigenvalue weighted by atomic mass is 10.2. The van der Waals surface area contributed by atoms with E-state index in [9.17, 15) is 14.4 Å². The number of para-hydroxylation sites is 1. The summed E-state index contributed by atoms with van der Waals surface area (Å²) in [5, 5.41) is 3.25. The molecule has 0 spiro atoms. The lowest BCUT2D eigenvalue weighted by Crippen LogP contribution is -2.36. The number of unbranched alkanes of at least 4 members (excludes halogenated alkanes) is 2. The number of fused-ring (bicyclic) bond motifs is 1. The SMILES string of the molecule is CCCCCNC(=O)CCn1c(=O)[nH]c2ccccc2c1=O. The molecule has 0 atom stereocenters. The number of carbonyl (C=O) groups is 1. The first-order valence-corrected chi connectivity index (χ1v) is 7.62. The second-order valence-corrected chi connectivity index (χ2v) is 5.24. The smallest absolute Gasteiger partial charge is 0.328 e. The minimum Gasteiger partial charge on any atom is -0.356 e. The molecule has 0 saturated heterocycles. The van der Waals surface area contributed by atoms with Crippen molar-refractivity contribution < 1.29 is 4.79 Å². The van der Waals surface area contributed by atoms with Crippen LogP contribution >= 0.6 is 0 Å². The van der Waals surface area contributed by atoms with Gasteiger partial charge < -0.3 is 10.3 Å². The predicted octanol–water partition coefficient (Wildman–Crippen LogP) is 1.39. The lowest BCUT2D eigenvalue weighted by molar-refractivity contribution is -0.121. The maximum Gasteiger partial charge on any atom is 0.328 e. The summed E-state index contributed by atoms with van der Waals surface area (Å²) in [6, 6.07) is 6.84. The number of carbonyl (C=O) groups excluding carboxylic acids is 1. The second-order valence-electron chi connectivity index (χ2n) is 5.24. The molecule has 2 rings (SSSR count). The Morgan fingerprint density at radius 2 is 2.00 bits per heavy atom. The fraction of sp³-hybridized carbons (Fsp3) is 0.438. The van der Waals surface area contributed by atoms with Gasteiger partial charge in [0.2, 0.25) is 5.91 Å². The van der Waals surface area contributed by atoms with Crippen LogP contribution in [-0.2, 0) is 11.3 Å². The summed E-state index contributed by atoms with van der Waals surface area (Å²) in [4.78, 5) is 38.6. The fourth-order valence-electron chi connectivity index (χ4n) is 2.31. The standard InChI is InChI=1S/C16H21N3O3/c1-2-3-6-10-17-14(20)9-11-19-15(21)12-7-4-5-8-13(12)18-16(19)22/h4-5,7-8H,2-3,6,9-11H2,1H3,(H,17,20)(H,18,22). The quantitative estimate of drug-likeness (QED) is 0.758. The number of rotatable bonds is 7. The van der Waals surface area contributed by atoms with Crippen molar-refractivity contribution in [3.8, 4) is 0 Å². The van der Waals surface area contributed by atoms with Crippen molar-refractivity contribution in [2.45, 2.75) is 39.2 Å². The molecule has 1 aromatic carbocycles. The van der Waals surface area contributed by atoms with Crippen LogP contribution in [0.2, 0.25) is 0 Å². The highest BCUT2D eigenvalue weighted by Gasteiger charge is 2.09. The van der Waals surface area contributed by atoms with E-state index in [0.717, 1.165) is 23.8 Å². The summed E-state index contributed by atoms with van der Waals surface area (Å²) in [7, 11) is 0. The molecule has 1 amide bonds. The normalized spacial score (nSPS) is 10.8. The van der Waals surface area contributed by atoms with Crippen molar-refractivity contribution in [3.05, 3.63) is 45.1 Å². The molecule has 0 bridgehead atoms. The van der Waals surface area contributed by atoms with Gasteiger partial charge in [0.25, 0.3) is 5.56 Å². The summed E-state index contributed by atoms with van der Waals surface area (Å²) in [6.45, 7) is 2.81. The van der Waals surface area contributed by atoms with Gasteiger partial charge in [0.15, 0.2) is 0 Å². The van der Waals surface area contributed by atoms with E-state index in [-0.39, 0.29) is 24.4 Å². The maximum atomic E-state index is 12.3. The monoisotopic (exact) mass is 303 g/mol. The van der Waals surface area contributed by atoms with E-state index in [2.05, 4.69) is 17.2 Å². The molecular weight excluding hydrogens is 282 g/mol. The highest BCUT2D eigenvalue weighted by Crippen LogP contribution is 2.03. The molecule has 118 valence electrons. The van der Waals surface area contributed by atoms with Crippen LogP contribution in [0.4, 0.5) is 0 Å². The zero-order chi connectivity index (χ0) is 15.9. The molecule has 0 saturated carbocycles. The Morgan fingerprint density at radius 3 is 2.77 bits per heavy atom. The average Bonchev–Trinajstić information content (AvgIpc) is 2.51. The molecule has 0 aliphatic rings. The number of amides is 1. The molecular formula is C16H21N3O3. The number of hydrogen-bond acceptors (Lipinski definition) is 3. The molecule has 1 heterocycles. The summed E-state index contributed by atoms with van der Waals surface area (Å²) in [6.07, 6.45) is 3.23. The fourth-order valence-corrected chi connectivity index (χ4v) is 2.31. The highest BCUT2D eigenvalue weighted by molar-refractivity contribution is 5.77. The van der Waals surface area contributed by atoms with E-state index in [4.69, 9.17) is 0 Å². The molecule has 6 nitrogen and oxygen atoms in total. The van der Waals surface area contributed by atoms with E-state index in [0.29, 0.717) is 17.4 Å². The third-order valence-electron chi connectivity index (χ3n) is 3.55. The van der Waals surface area contributed by atoms with Crippen LogP contribution in [0.1, 0.15) is 32.6 Å². The van der Waals surface area contributed by atoms with Crippen LogP contribution in [-0.4, -0.2) is 22.0 Å². The molecule has 6 heteroatoms. The van der Waals surface area contributed by atoms with E-state index in [1.165, 1.54) is 0 Å². The van der Waals surface area contributed by atoms with Gasteiger partial charge in [0.1, 0.15) is 0 Å². The number of hydrogen-bond donors (Lipinski definition) is 2. The largest absolute Gasteiger partial charge is 0.356 e. The predicted molar refractivity (Wildman–Crippen MR) is 86.0 cm³/mol.